The zero-order valence-corrected chi connectivity index (χ0v) is 10.6. The molecule has 0 aliphatic heterocycles. The molecule has 0 saturated carbocycles. The van der Waals surface area contributed by atoms with Crippen LogP contribution in [0.3, 0.4) is 0 Å². The Kier molecular flexibility index (Phi) is 4.76. The molecule has 2 nitrogen and oxygen atoms in total. The summed E-state index contributed by atoms with van der Waals surface area (Å²) in [5, 5.41) is 9.54. The normalized spacial score (nSPS) is 14.9. The molecular weight excluding hydrogens is 309 g/mol. The minimum Gasteiger partial charge on any atom is -0.496 e. The molecule has 0 spiro atoms. The molecule has 0 radical (unpaired) electrons. The molecular formula is C12H11F7O2. The van der Waals surface area contributed by atoms with Gasteiger partial charge in [-0.05, 0) is 6.07 Å². The molecule has 0 aromatic heterocycles. The Morgan fingerprint density at radius 2 is 1.57 bits per heavy atom. The molecule has 1 N–H and O–H groups in total. The fraction of sp³-hybridized carbons (Fsp3) is 0.500. The van der Waals surface area contributed by atoms with E-state index >= 15 is 0 Å². The van der Waals surface area contributed by atoms with Crippen LogP contribution in [0, 0.1) is 0 Å². The van der Waals surface area contributed by atoms with Crippen LogP contribution in [-0.2, 0) is 0 Å². The van der Waals surface area contributed by atoms with E-state index in [-0.39, 0.29) is 11.3 Å². The van der Waals surface area contributed by atoms with Gasteiger partial charge < -0.3 is 9.84 Å². The second-order valence-corrected chi connectivity index (χ2v) is 4.24. The summed E-state index contributed by atoms with van der Waals surface area (Å²) in [6.45, 7) is 0. The van der Waals surface area contributed by atoms with Crippen molar-refractivity contribution < 1.29 is 40.6 Å². The number of aliphatic hydroxyl groups excluding tert-OH is 1. The molecule has 0 aliphatic rings. The number of hydrogen-bond acceptors (Lipinski definition) is 2. The predicted molar refractivity (Wildman–Crippen MR) is 58.5 cm³/mol. The average Bonchev–Trinajstić information content (AvgIpc) is 2.36. The molecule has 1 unspecified atom stereocenters. The lowest BCUT2D eigenvalue weighted by Crippen LogP contribution is -2.52. The fourth-order valence-electron chi connectivity index (χ4n) is 1.63. The molecule has 0 fully saturated rings. The van der Waals surface area contributed by atoms with Crippen LogP contribution in [0.2, 0.25) is 0 Å². The van der Waals surface area contributed by atoms with Crippen molar-refractivity contribution in [1.29, 1.82) is 0 Å². The number of alkyl halides is 7. The summed E-state index contributed by atoms with van der Waals surface area (Å²) in [6, 6.07) is 5.04. The first-order valence-corrected chi connectivity index (χ1v) is 5.57. The molecule has 1 aromatic rings. The number of benzene rings is 1. The third-order valence-corrected chi connectivity index (χ3v) is 2.76. The molecule has 21 heavy (non-hydrogen) atoms. The SMILES string of the molecule is COc1ccccc1C(O)CC(F)(F)C(F)(F)C(F)(F)F. The molecule has 1 aromatic carbocycles. The van der Waals surface area contributed by atoms with Crippen molar-refractivity contribution in [2.24, 2.45) is 0 Å². The number of halogens is 7. The quantitative estimate of drug-likeness (QED) is 0.833. The van der Waals surface area contributed by atoms with E-state index in [2.05, 4.69) is 0 Å². The van der Waals surface area contributed by atoms with Crippen LogP contribution in [0.15, 0.2) is 24.3 Å². The van der Waals surface area contributed by atoms with Gasteiger partial charge in [0.25, 0.3) is 0 Å². The summed E-state index contributed by atoms with van der Waals surface area (Å²) in [6.07, 6.45) is -10.8. The van der Waals surface area contributed by atoms with Gasteiger partial charge in [-0.2, -0.15) is 30.7 Å². The lowest BCUT2D eigenvalue weighted by Gasteiger charge is -2.29. The van der Waals surface area contributed by atoms with Crippen molar-refractivity contribution in [2.45, 2.75) is 30.5 Å². The van der Waals surface area contributed by atoms with Crippen LogP contribution < -0.4 is 4.74 Å². The maximum atomic E-state index is 13.2. The van der Waals surface area contributed by atoms with Crippen LogP contribution in [0.25, 0.3) is 0 Å². The Bertz CT molecular complexity index is 485. The largest absolute Gasteiger partial charge is 0.496 e. The number of rotatable bonds is 5. The highest BCUT2D eigenvalue weighted by Crippen LogP contribution is 2.50. The van der Waals surface area contributed by atoms with E-state index in [9.17, 15) is 35.8 Å². The van der Waals surface area contributed by atoms with E-state index in [4.69, 9.17) is 4.74 Å². The Hall–Kier alpha value is -1.51. The Morgan fingerprint density at radius 3 is 2.05 bits per heavy atom. The standard InChI is InChI=1S/C12H11F7O2/c1-21-9-5-3-2-4-7(9)8(20)6-10(13,14)11(15,16)12(17,18)19/h2-5,8,20H,6H2,1H3. The van der Waals surface area contributed by atoms with Gasteiger partial charge in [0, 0.05) is 12.0 Å². The third-order valence-electron chi connectivity index (χ3n) is 2.76. The molecule has 1 atom stereocenters. The first-order chi connectivity index (χ1) is 9.44. The summed E-state index contributed by atoms with van der Waals surface area (Å²) in [7, 11) is 1.13. The number of ether oxygens (including phenoxy) is 1. The van der Waals surface area contributed by atoms with Gasteiger partial charge in [0.05, 0.1) is 13.2 Å². The number of hydrogen-bond donors (Lipinski definition) is 1. The van der Waals surface area contributed by atoms with Crippen LogP contribution in [0.4, 0.5) is 30.7 Å². The summed E-state index contributed by atoms with van der Waals surface area (Å²) in [4.78, 5) is 0. The van der Waals surface area contributed by atoms with E-state index in [0.29, 0.717) is 0 Å². The molecule has 0 amide bonds. The van der Waals surface area contributed by atoms with Crippen molar-refractivity contribution in [3.05, 3.63) is 29.8 Å². The number of aliphatic hydroxyl groups is 1. The van der Waals surface area contributed by atoms with E-state index in [0.717, 1.165) is 13.2 Å². The Morgan fingerprint density at radius 1 is 1.05 bits per heavy atom. The van der Waals surface area contributed by atoms with E-state index in [1.165, 1.54) is 18.2 Å². The molecule has 9 heteroatoms. The van der Waals surface area contributed by atoms with Gasteiger partial charge in [-0.1, -0.05) is 18.2 Å². The first kappa shape index (κ1) is 17.5. The number of methoxy groups -OCH3 is 1. The average molecular weight is 320 g/mol. The van der Waals surface area contributed by atoms with Gasteiger partial charge in [0.1, 0.15) is 5.75 Å². The van der Waals surface area contributed by atoms with Gasteiger partial charge >= 0.3 is 18.0 Å². The second-order valence-electron chi connectivity index (χ2n) is 4.24. The smallest absolute Gasteiger partial charge is 0.459 e. The predicted octanol–water partition coefficient (Wildman–Crippen LogP) is 3.95. The minimum absolute atomic E-state index is 0.101. The lowest BCUT2D eigenvalue weighted by molar-refractivity contribution is -0.358. The second kappa shape index (κ2) is 5.70. The molecule has 1 rings (SSSR count). The molecule has 0 heterocycles. The minimum atomic E-state index is -6.42. The maximum Gasteiger partial charge on any atom is 0.459 e. The van der Waals surface area contributed by atoms with Crippen LogP contribution in [0.5, 0.6) is 5.75 Å². The van der Waals surface area contributed by atoms with Crippen LogP contribution >= 0.6 is 0 Å². The highest BCUT2D eigenvalue weighted by atomic mass is 19.4. The van der Waals surface area contributed by atoms with E-state index in [1.54, 1.807) is 0 Å². The van der Waals surface area contributed by atoms with E-state index < -0.39 is 30.5 Å². The zero-order valence-electron chi connectivity index (χ0n) is 10.6. The van der Waals surface area contributed by atoms with Gasteiger partial charge in [-0.25, -0.2) is 0 Å². The molecule has 0 bridgehead atoms. The van der Waals surface area contributed by atoms with Gasteiger partial charge in [-0.3, -0.25) is 0 Å². The molecule has 0 saturated heterocycles. The zero-order chi connectivity index (χ0) is 16.5. The van der Waals surface area contributed by atoms with Gasteiger partial charge in [0.2, 0.25) is 0 Å². The van der Waals surface area contributed by atoms with Crippen molar-refractivity contribution in [3.8, 4) is 5.75 Å². The topological polar surface area (TPSA) is 29.5 Å². The van der Waals surface area contributed by atoms with Crippen molar-refractivity contribution in [3.63, 3.8) is 0 Å². The van der Waals surface area contributed by atoms with Gasteiger partial charge in [-0.15, -0.1) is 0 Å². The van der Waals surface area contributed by atoms with Gasteiger partial charge in [0.15, 0.2) is 0 Å². The molecule has 120 valence electrons. The maximum absolute atomic E-state index is 13.2. The summed E-state index contributed by atoms with van der Waals surface area (Å²) in [5.74, 6) is -11.8. The summed E-state index contributed by atoms with van der Waals surface area (Å²) >= 11 is 0. The first-order valence-electron chi connectivity index (χ1n) is 5.57. The fourth-order valence-corrected chi connectivity index (χ4v) is 1.63. The third kappa shape index (κ3) is 3.39. The highest BCUT2D eigenvalue weighted by molar-refractivity contribution is 5.35. The summed E-state index contributed by atoms with van der Waals surface area (Å²) < 4.78 is 92.6. The molecule has 0 aliphatic carbocycles. The van der Waals surface area contributed by atoms with Crippen molar-refractivity contribution in [2.75, 3.05) is 7.11 Å². The van der Waals surface area contributed by atoms with Crippen LogP contribution in [0.1, 0.15) is 18.1 Å². The van der Waals surface area contributed by atoms with Crippen molar-refractivity contribution in [1.82, 2.24) is 0 Å². The van der Waals surface area contributed by atoms with Crippen LogP contribution in [-0.4, -0.2) is 30.2 Å². The van der Waals surface area contributed by atoms with E-state index in [1.807, 2.05) is 0 Å². The number of para-hydroxylation sites is 1. The Labute approximate surface area is 115 Å². The summed E-state index contributed by atoms with van der Waals surface area (Å²) in [5.41, 5.74) is -0.308. The van der Waals surface area contributed by atoms with Crippen molar-refractivity contribution >= 4 is 0 Å². The highest BCUT2D eigenvalue weighted by Gasteiger charge is 2.72. The Balaban J connectivity index is 3.04. The lowest BCUT2D eigenvalue weighted by atomic mass is 9.98. The monoisotopic (exact) mass is 320 g/mol.